The van der Waals surface area contributed by atoms with Crippen molar-refractivity contribution in [1.82, 2.24) is 9.55 Å². The van der Waals surface area contributed by atoms with E-state index in [0.29, 0.717) is 13.2 Å². The zero-order chi connectivity index (χ0) is 18.4. The number of carbonyl (C=O) groups is 1. The summed E-state index contributed by atoms with van der Waals surface area (Å²) in [6.07, 6.45) is 2.75. The van der Waals surface area contributed by atoms with Crippen LogP contribution in [0.5, 0.6) is 5.75 Å². The summed E-state index contributed by atoms with van der Waals surface area (Å²) in [6.45, 7) is 3.88. The Morgan fingerprint density at radius 1 is 1.27 bits per heavy atom. The molecular weight excluding hydrogens is 330 g/mol. The summed E-state index contributed by atoms with van der Waals surface area (Å²) in [7, 11) is 0. The van der Waals surface area contributed by atoms with Gasteiger partial charge in [0.25, 0.3) is 0 Å². The van der Waals surface area contributed by atoms with Gasteiger partial charge in [0, 0.05) is 35.9 Å². The van der Waals surface area contributed by atoms with Crippen LogP contribution in [-0.4, -0.2) is 33.8 Å². The van der Waals surface area contributed by atoms with Gasteiger partial charge in [-0.2, -0.15) is 0 Å². The number of benzene rings is 1. The van der Waals surface area contributed by atoms with Gasteiger partial charge < -0.3 is 19.7 Å². The number of pyridine rings is 1. The first-order valence-corrected chi connectivity index (χ1v) is 8.73. The molecule has 0 aliphatic carbocycles. The van der Waals surface area contributed by atoms with E-state index in [0.717, 1.165) is 41.1 Å². The second-order valence-electron chi connectivity index (χ2n) is 6.15. The fourth-order valence-corrected chi connectivity index (χ4v) is 2.93. The van der Waals surface area contributed by atoms with E-state index >= 15 is 0 Å². The molecule has 0 aliphatic rings. The number of hydrogen-bond acceptors (Lipinski definition) is 4. The zero-order valence-electron chi connectivity index (χ0n) is 14.8. The van der Waals surface area contributed by atoms with Gasteiger partial charge in [0.1, 0.15) is 11.6 Å². The Labute approximate surface area is 152 Å². The van der Waals surface area contributed by atoms with E-state index in [4.69, 9.17) is 9.84 Å². The van der Waals surface area contributed by atoms with E-state index < -0.39 is 5.97 Å². The van der Waals surface area contributed by atoms with Gasteiger partial charge in [-0.15, -0.1) is 0 Å². The van der Waals surface area contributed by atoms with E-state index in [1.165, 1.54) is 0 Å². The van der Waals surface area contributed by atoms with Crippen LogP contribution in [-0.2, 0) is 11.3 Å². The van der Waals surface area contributed by atoms with Gasteiger partial charge >= 0.3 is 5.97 Å². The molecule has 0 fully saturated rings. The van der Waals surface area contributed by atoms with Crippen molar-refractivity contribution < 1.29 is 14.6 Å². The second-order valence-corrected chi connectivity index (χ2v) is 6.15. The van der Waals surface area contributed by atoms with Gasteiger partial charge in [0.15, 0.2) is 0 Å². The summed E-state index contributed by atoms with van der Waals surface area (Å²) in [5.74, 6) is 0.906. The first kappa shape index (κ1) is 17.8. The van der Waals surface area contributed by atoms with Crippen LogP contribution in [0.1, 0.15) is 18.5 Å². The average molecular weight is 353 g/mol. The maximum atomic E-state index is 10.8. The predicted molar refractivity (Wildman–Crippen MR) is 102 cm³/mol. The predicted octanol–water partition coefficient (Wildman–Crippen LogP) is 3.70. The number of aromatic nitrogens is 2. The average Bonchev–Trinajstić information content (AvgIpc) is 2.95. The monoisotopic (exact) mass is 353 g/mol. The number of nitrogens with one attached hydrogen (secondary N) is 1. The Morgan fingerprint density at radius 2 is 2.15 bits per heavy atom. The van der Waals surface area contributed by atoms with Crippen LogP contribution in [0.3, 0.4) is 0 Å². The van der Waals surface area contributed by atoms with Gasteiger partial charge in [-0.1, -0.05) is 6.07 Å². The van der Waals surface area contributed by atoms with Crippen molar-refractivity contribution in [2.75, 3.05) is 18.5 Å². The van der Waals surface area contributed by atoms with E-state index in [9.17, 15) is 4.79 Å². The molecule has 0 unspecified atom stereocenters. The van der Waals surface area contributed by atoms with Crippen molar-refractivity contribution in [1.29, 1.82) is 0 Å². The number of fused-ring (bicyclic) bond motifs is 1. The van der Waals surface area contributed by atoms with Crippen LogP contribution in [0, 0.1) is 6.92 Å². The minimum Gasteiger partial charge on any atom is -0.494 e. The summed E-state index contributed by atoms with van der Waals surface area (Å²) >= 11 is 0. The van der Waals surface area contributed by atoms with Gasteiger partial charge in [0.2, 0.25) is 0 Å². The van der Waals surface area contributed by atoms with E-state index in [-0.39, 0.29) is 6.42 Å². The van der Waals surface area contributed by atoms with Crippen molar-refractivity contribution in [2.24, 2.45) is 0 Å². The van der Waals surface area contributed by atoms with Crippen molar-refractivity contribution >= 4 is 22.7 Å². The molecule has 0 bridgehead atoms. The lowest BCUT2D eigenvalue weighted by Crippen LogP contribution is -2.08. The molecule has 2 heterocycles. The lowest BCUT2D eigenvalue weighted by Gasteiger charge is -2.09. The summed E-state index contributed by atoms with van der Waals surface area (Å²) < 4.78 is 7.87. The van der Waals surface area contributed by atoms with Crippen LogP contribution in [0.4, 0.5) is 5.82 Å². The number of nitrogens with zero attached hydrogens (tertiary/aromatic N) is 2. The van der Waals surface area contributed by atoms with Crippen LogP contribution < -0.4 is 10.1 Å². The first-order valence-electron chi connectivity index (χ1n) is 8.73. The molecule has 136 valence electrons. The first-order chi connectivity index (χ1) is 12.6. The maximum Gasteiger partial charge on any atom is 0.305 e. The molecule has 26 heavy (non-hydrogen) atoms. The smallest absolute Gasteiger partial charge is 0.305 e. The Kier molecular flexibility index (Phi) is 5.73. The van der Waals surface area contributed by atoms with Gasteiger partial charge in [-0.25, -0.2) is 4.98 Å². The molecular formula is C20H23N3O3. The molecule has 0 radical (unpaired) electrons. The third-order valence-corrected chi connectivity index (χ3v) is 4.19. The molecule has 0 aliphatic heterocycles. The molecule has 0 saturated heterocycles. The fourth-order valence-electron chi connectivity index (χ4n) is 2.93. The molecule has 0 saturated carbocycles. The number of anilines is 1. The highest BCUT2D eigenvalue weighted by Crippen LogP contribution is 2.25. The Bertz CT molecular complexity index is 875. The molecule has 0 atom stereocenters. The van der Waals surface area contributed by atoms with Crippen LogP contribution in [0.2, 0.25) is 0 Å². The van der Waals surface area contributed by atoms with E-state index in [1.807, 2.05) is 47.9 Å². The van der Waals surface area contributed by atoms with E-state index in [2.05, 4.69) is 16.4 Å². The van der Waals surface area contributed by atoms with E-state index in [1.54, 1.807) is 6.20 Å². The summed E-state index contributed by atoms with van der Waals surface area (Å²) in [5, 5.41) is 13.2. The number of aliphatic carboxylic acids is 1. The third kappa shape index (κ3) is 4.53. The quantitative estimate of drug-likeness (QED) is 0.574. The van der Waals surface area contributed by atoms with Crippen LogP contribution in [0.25, 0.3) is 10.9 Å². The van der Waals surface area contributed by atoms with Crippen LogP contribution >= 0.6 is 0 Å². The second kappa shape index (κ2) is 8.38. The van der Waals surface area contributed by atoms with Crippen molar-refractivity contribution in [3.63, 3.8) is 0 Å². The number of ether oxygens (including phenoxy) is 1. The maximum absolute atomic E-state index is 10.8. The largest absolute Gasteiger partial charge is 0.494 e. The molecule has 2 aromatic heterocycles. The van der Waals surface area contributed by atoms with Gasteiger partial charge in [-0.3, -0.25) is 4.79 Å². The summed E-state index contributed by atoms with van der Waals surface area (Å²) in [5.41, 5.74) is 2.09. The molecule has 2 N–H and O–H groups in total. The minimum atomic E-state index is -0.787. The highest BCUT2D eigenvalue weighted by atomic mass is 16.5. The number of rotatable bonds is 9. The Morgan fingerprint density at radius 3 is 2.92 bits per heavy atom. The SMILES string of the molecule is Cc1cc2cc(OCCCNc3ccccn3)ccc2n1CCC(=O)O. The van der Waals surface area contributed by atoms with Crippen LogP contribution in [0.15, 0.2) is 48.7 Å². The topological polar surface area (TPSA) is 76.4 Å². The Hall–Kier alpha value is -3.02. The molecule has 3 rings (SSSR count). The number of carboxylic acids is 1. The summed E-state index contributed by atoms with van der Waals surface area (Å²) in [6, 6.07) is 13.8. The molecule has 3 aromatic rings. The van der Waals surface area contributed by atoms with Crippen molar-refractivity contribution in [3.05, 3.63) is 54.4 Å². The zero-order valence-corrected chi connectivity index (χ0v) is 14.8. The molecule has 6 nitrogen and oxygen atoms in total. The molecule has 1 aromatic carbocycles. The van der Waals surface area contributed by atoms with Gasteiger partial charge in [-0.05, 0) is 49.7 Å². The lowest BCUT2D eigenvalue weighted by atomic mass is 10.2. The molecule has 6 heteroatoms. The highest BCUT2D eigenvalue weighted by molar-refractivity contribution is 5.83. The minimum absolute atomic E-state index is 0.117. The number of hydrogen-bond donors (Lipinski definition) is 2. The fraction of sp³-hybridized carbons (Fsp3) is 0.300. The molecule has 0 amide bonds. The van der Waals surface area contributed by atoms with Gasteiger partial charge in [0.05, 0.1) is 13.0 Å². The van der Waals surface area contributed by atoms with Crippen molar-refractivity contribution in [2.45, 2.75) is 26.3 Å². The summed E-state index contributed by atoms with van der Waals surface area (Å²) in [4.78, 5) is 15.0. The number of carboxylic acid groups (broad SMARTS) is 1. The lowest BCUT2D eigenvalue weighted by molar-refractivity contribution is -0.137. The van der Waals surface area contributed by atoms with Crippen molar-refractivity contribution in [3.8, 4) is 5.75 Å². The highest BCUT2D eigenvalue weighted by Gasteiger charge is 2.08. The third-order valence-electron chi connectivity index (χ3n) is 4.19. The molecule has 0 spiro atoms. The standard InChI is InChI=1S/C20H23N3O3/c1-15-13-16-14-17(6-7-18(16)23(15)11-8-20(24)25)26-12-4-10-22-19-5-2-3-9-21-19/h2-3,5-7,9,13-14H,4,8,10-12H2,1H3,(H,21,22)(H,24,25). The Balaban J connectivity index is 1.53. The normalized spacial score (nSPS) is 10.8. The number of aryl methyl sites for hydroxylation is 2.